The molecule has 0 aromatic heterocycles. The van der Waals surface area contributed by atoms with Gasteiger partial charge >= 0.3 is 0 Å². The van der Waals surface area contributed by atoms with Gasteiger partial charge in [-0.3, -0.25) is 4.79 Å². The number of methoxy groups -OCH3 is 1. The van der Waals surface area contributed by atoms with Crippen molar-refractivity contribution in [3.05, 3.63) is 60.2 Å². The number of amides is 1. The molecule has 1 N–H and O–H groups in total. The number of carbonyl (C=O) groups excluding carboxylic acids is 1. The summed E-state index contributed by atoms with van der Waals surface area (Å²) in [7, 11) is -1.78. The summed E-state index contributed by atoms with van der Waals surface area (Å²) in [5, 5.41) is 2.97. The van der Waals surface area contributed by atoms with Crippen LogP contribution in [0.4, 0.5) is 0 Å². The van der Waals surface area contributed by atoms with Gasteiger partial charge in [0.25, 0.3) is 0 Å². The van der Waals surface area contributed by atoms with Crippen LogP contribution in [0.25, 0.3) is 0 Å². The Kier molecular flexibility index (Phi) is 9.14. The molecule has 0 aliphatic carbocycles. The van der Waals surface area contributed by atoms with Crippen molar-refractivity contribution in [2.45, 2.75) is 38.6 Å². The van der Waals surface area contributed by atoms with Crippen molar-refractivity contribution in [1.29, 1.82) is 0 Å². The first-order valence-corrected chi connectivity index (χ1v) is 13.1. The lowest BCUT2D eigenvalue weighted by Gasteiger charge is -2.32. The van der Waals surface area contributed by atoms with Gasteiger partial charge < -0.3 is 14.8 Å². The smallest absolute Gasteiger partial charge is 0.224 e. The molecule has 2 aromatic rings. The van der Waals surface area contributed by atoms with E-state index in [1.807, 2.05) is 61.5 Å². The van der Waals surface area contributed by atoms with Crippen molar-refractivity contribution in [1.82, 2.24) is 9.62 Å². The minimum absolute atomic E-state index is 0.0995. The summed E-state index contributed by atoms with van der Waals surface area (Å²) in [6, 6.07) is 16.9. The number of benzene rings is 2. The average Bonchev–Trinajstić information content (AvgIpc) is 2.83. The van der Waals surface area contributed by atoms with Crippen LogP contribution < -0.4 is 14.8 Å². The molecular formula is C25H34N2O5S. The zero-order valence-electron chi connectivity index (χ0n) is 19.4. The van der Waals surface area contributed by atoms with Crippen LogP contribution in [0.2, 0.25) is 0 Å². The Balaban J connectivity index is 1.44. The second kappa shape index (κ2) is 12.0. The van der Waals surface area contributed by atoms with Crippen molar-refractivity contribution >= 4 is 15.9 Å². The number of aryl methyl sites for hydroxylation is 1. The second-order valence-corrected chi connectivity index (χ2v) is 10.6. The van der Waals surface area contributed by atoms with Gasteiger partial charge in [0.05, 0.1) is 24.8 Å². The van der Waals surface area contributed by atoms with E-state index < -0.39 is 10.0 Å². The summed E-state index contributed by atoms with van der Waals surface area (Å²) in [5.41, 5.74) is 1.13. The van der Waals surface area contributed by atoms with Crippen molar-refractivity contribution in [3.8, 4) is 11.5 Å². The molecule has 2 atom stereocenters. The first-order valence-electron chi connectivity index (χ1n) is 11.5. The van der Waals surface area contributed by atoms with Crippen LogP contribution in [0, 0.1) is 5.92 Å². The van der Waals surface area contributed by atoms with Crippen LogP contribution >= 0.6 is 0 Å². The van der Waals surface area contributed by atoms with E-state index in [0.717, 1.165) is 17.7 Å². The molecule has 1 saturated heterocycles. The Labute approximate surface area is 197 Å². The molecule has 0 spiro atoms. The number of nitrogens with one attached hydrogen (secondary N) is 1. The molecule has 1 aliphatic rings. The minimum atomic E-state index is -3.38. The van der Waals surface area contributed by atoms with Crippen LogP contribution in [0.3, 0.4) is 0 Å². The van der Waals surface area contributed by atoms with Crippen LogP contribution in [0.1, 0.15) is 31.7 Å². The lowest BCUT2D eigenvalue weighted by molar-refractivity contribution is -0.126. The Hall–Kier alpha value is -2.58. The number of nitrogens with zero attached hydrogens (tertiary/aromatic N) is 1. The van der Waals surface area contributed by atoms with Crippen LogP contribution in [-0.4, -0.2) is 57.2 Å². The molecule has 0 radical (unpaired) electrons. The zero-order valence-corrected chi connectivity index (χ0v) is 20.2. The fourth-order valence-corrected chi connectivity index (χ4v) is 5.52. The summed E-state index contributed by atoms with van der Waals surface area (Å²) >= 11 is 0. The van der Waals surface area contributed by atoms with E-state index in [-0.39, 0.29) is 30.2 Å². The van der Waals surface area contributed by atoms with Gasteiger partial charge in [-0.15, -0.1) is 0 Å². The van der Waals surface area contributed by atoms with Gasteiger partial charge in [-0.05, 0) is 62.4 Å². The summed E-state index contributed by atoms with van der Waals surface area (Å²) in [4.78, 5) is 12.8. The van der Waals surface area contributed by atoms with E-state index in [1.54, 1.807) is 7.11 Å². The Morgan fingerprint density at radius 1 is 1.12 bits per heavy atom. The maximum atomic E-state index is 12.8. The molecule has 8 heteroatoms. The third-order valence-corrected chi connectivity index (χ3v) is 7.73. The van der Waals surface area contributed by atoms with Gasteiger partial charge in [0.15, 0.2) is 0 Å². The molecule has 1 aliphatic heterocycles. The van der Waals surface area contributed by atoms with Crippen LogP contribution in [-0.2, 0) is 21.2 Å². The van der Waals surface area contributed by atoms with Crippen LogP contribution in [0.15, 0.2) is 54.6 Å². The molecule has 1 amide bonds. The van der Waals surface area contributed by atoms with Gasteiger partial charge in [-0.1, -0.05) is 30.3 Å². The maximum Gasteiger partial charge on any atom is 0.224 e. The SMILES string of the molecule is COc1ccc(OC[C@H](C)NC(=O)[C@H]2CCCN(S(=O)(=O)CCCc3ccccc3)C2)cc1. The van der Waals surface area contributed by atoms with Gasteiger partial charge in [0.2, 0.25) is 15.9 Å². The summed E-state index contributed by atoms with van der Waals surface area (Å²) in [5.74, 6) is 1.08. The molecule has 2 aromatic carbocycles. The number of hydrogen-bond donors (Lipinski definition) is 1. The summed E-state index contributed by atoms with van der Waals surface area (Å²) < 4.78 is 38.0. The molecule has 1 fully saturated rings. The highest BCUT2D eigenvalue weighted by atomic mass is 32.2. The molecule has 7 nitrogen and oxygen atoms in total. The molecule has 0 saturated carbocycles. The lowest BCUT2D eigenvalue weighted by Crippen LogP contribution is -2.48. The number of rotatable bonds is 11. The largest absolute Gasteiger partial charge is 0.497 e. The molecule has 33 heavy (non-hydrogen) atoms. The van der Waals surface area contributed by atoms with Crippen molar-refractivity contribution in [2.75, 3.05) is 32.6 Å². The Morgan fingerprint density at radius 3 is 2.52 bits per heavy atom. The van der Waals surface area contributed by atoms with E-state index in [0.29, 0.717) is 38.2 Å². The number of carbonyl (C=O) groups is 1. The van der Waals surface area contributed by atoms with Gasteiger partial charge in [0, 0.05) is 13.1 Å². The fraction of sp³-hybridized carbons (Fsp3) is 0.480. The molecule has 0 bridgehead atoms. The number of piperidine rings is 1. The van der Waals surface area contributed by atoms with Gasteiger partial charge in [0.1, 0.15) is 18.1 Å². The molecular weight excluding hydrogens is 440 g/mol. The van der Waals surface area contributed by atoms with Gasteiger partial charge in [-0.2, -0.15) is 0 Å². The minimum Gasteiger partial charge on any atom is -0.497 e. The first kappa shape index (κ1) is 25.1. The van der Waals surface area contributed by atoms with Crippen molar-refractivity contribution in [3.63, 3.8) is 0 Å². The predicted octanol–water partition coefficient (Wildman–Crippen LogP) is 3.25. The second-order valence-electron chi connectivity index (χ2n) is 8.50. The van der Waals surface area contributed by atoms with E-state index in [2.05, 4.69) is 5.32 Å². The van der Waals surface area contributed by atoms with Crippen LogP contribution in [0.5, 0.6) is 11.5 Å². The van der Waals surface area contributed by atoms with Gasteiger partial charge in [-0.25, -0.2) is 12.7 Å². The number of hydrogen-bond acceptors (Lipinski definition) is 5. The topological polar surface area (TPSA) is 84.9 Å². The standard InChI is InChI=1S/C25H34N2O5S/c1-20(19-32-24-14-12-23(31-2)13-15-24)26-25(28)22-11-6-16-27(18-22)33(29,30)17-7-10-21-8-4-3-5-9-21/h3-5,8-9,12-15,20,22H,6-7,10-11,16-19H2,1-2H3,(H,26,28)/t20-,22-/m0/s1. The summed E-state index contributed by atoms with van der Waals surface area (Å²) in [6.45, 7) is 2.92. The van der Waals surface area contributed by atoms with E-state index in [4.69, 9.17) is 9.47 Å². The highest BCUT2D eigenvalue weighted by Crippen LogP contribution is 2.21. The lowest BCUT2D eigenvalue weighted by atomic mass is 9.98. The molecule has 180 valence electrons. The van der Waals surface area contributed by atoms with E-state index in [9.17, 15) is 13.2 Å². The third-order valence-electron chi connectivity index (χ3n) is 5.81. The summed E-state index contributed by atoms with van der Waals surface area (Å²) in [6.07, 6.45) is 2.67. The Morgan fingerprint density at radius 2 is 1.82 bits per heavy atom. The highest BCUT2D eigenvalue weighted by Gasteiger charge is 2.32. The molecule has 0 unspecified atom stereocenters. The zero-order chi connectivity index (χ0) is 23.7. The highest BCUT2D eigenvalue weighted by molar-refractivity contribution is 7.89. The van der Waals surface area contributed by atoms with E-state index in [1.165, 1.54) is 4.31 Å². The maximum absolute atomic E-state index is 12.8. The fourth-order valence-electron chi connectivity index (χ4n) is 3.94. The number of sulfonamides is 1. The normalized spacial score (nSPS) is 17.8. The van der Waals surface area contributed by atoms with Crippen molar-refractivity contribution in [2.24, 2.45) is 5.92 Å². The Bertz CT molecular complexity index is 980. The quantitative estimate of drug-likeness (QED) is 0.540. The molecule has 3 rings (SSSR count). The third kappa shape index (κ3) is 7.75. The average molecular weight is 475 g/mol. The van der Waals surface area contributed by atoms with E-state index >= 15 is 0 Å². The molecule has 1 heterocycles. The first-order chi connectivity index (χ1) is 15.9. The monoisotopic (exact) mass is 474 g/mol. The number of ether oxygens (including phenoxy) is 2. The van der Waals surface area contributed by atoms with Crippen molar-refractivity contribution < 1.29 is 22.7 Å². The predicted molar refractivity (Wildman–Crippen MR) is 129 cm³/mol.